The summed E-state index contributed by atoms with van der Waals surface area (Å²) in [5, 5.41) is 1.75. The Kier molecular flexibility index (Phi) is 6.00. The first-order chi connectivity index (χ1) is 10.5. The van der Waals surface area contributed by atoms with Gasteiger partial charge in [-0.25, -0.2) is 8.42 Å². The van der Waals surface area contributed by atoms with Crippen LogP contribution >= 0.6 is 11.3 Å². The first-order valence-electron chi connectivity index (χ1n) is 7.86. The monoisotopic (exact) mass is 344 g/mol. The molecule has 124 valence electrons. The predicted octanol–water partition coefficient (Wildman–Crippen LogP) is 2.55. The van der Waals surface area contributed by atoms with E-state index in [1.54, 1.807) is 17.5 Å². The van der Waals surface area contributed by atoms with E-state index in [4.69, 9.17) is 0 Å². The Balaban J connectivity index is 2.21. The Bertz CT molecular complexity index is 578. The van der Waals surface area contributed by atoms with E-state index in [1.165, 1.54) is 15.6 Å². The fourth-order valence-electron chi connectivity index (χ4n) is 2.88. The Morgan fingerprint density at radius 2 is 2.05 bits per heavy atom. The molecule has 0 radical (unpaired) electrons. The van der Waals surface area contributed by atoms with Crippen LogP contribution in [0.1, 0.15) is 39.5 Å². The van der Waals surface area contributed by atoms with E-state index in [9.17, 15) is 13.2 Å². The zero-order valence-electron chi connectivity index (χ0n) is 13.2. The molecule has 0 aromatic carbocycles. The molecule has 2 heterocycles. The van der Waals surface area contributed by atoms with Crippen molar-refractivity contribution in [2.45, 2.75) is 49.8 Å². The van der Waals surface area contributed by atoms with Crippen molar-refractivity contribution in [3.05, 3.63) is 17.5 Å². The quantitative estimate of drug-likeness (QED) is 0.764. The van der Waals surface area contributed by atoms with E-state index < -0.39 is 16.1 Å². The van der Waals surface area contributed by atoms with Gasteiger partial charge in [-0.15, -0.1) is 11.3 Å². The van der Waals surface area contributed by atoms with Gasteiger partial charge in [0.25, 0.3) is 10.0 Å². The van der Waals surface area contributed by atoms with Crippen LogP contribution < -0.4 is 0 Å². The smallest absolute Gasteiger partial charge is 0.253 e. The number of sulfonamides is 1. The van der Waals surface area contributed by atoms with Gasteiger partial charge < -0.3 is 4.90 Å². The summed E-state index contributed by atoms with van der Waals surface area (Å²) in [5.41, 5.74) is 0. The van der Waals surface area contributed by atoms with Crippen LogP contribution in [0.4, 0.5) is 0 Å². The van der Waals surface area contributed by atoms with E-state index in [0.29, 0.717) is 30.3 Å². The van der Waals surface area contributed by atoms with Gasteiger partial charge in [0.05, 0.1) is 0 Å². The molecule has 7 heteroatoms. The Morgan fingerprint density at radius 1 is 1.36 bits per heavy atom. The minimum Gasteiger partial charge on any atom is -0.341 e. The van der Waals surface area contributed by atoms with Gasteiger partial charge in [0.15, 0.2) is 0 Å². The highest BCUT2D eigenvalue weighted by atomic mass is 32.2. The van der Waals surface area contributed by atoms with Crippen LogP contribution in [0.2, 0.25) is 0 Å². The lowest BCUT2D eigenvalue weighted by Crippen LogP contribution is -2.48. The standard InChI is InChI=1S/C15H24N2O3S2/c1-3-9-16(10-4-2)15(18)13-7-5-11-17(13)22(19,20)14-8-6-12-21-14/h6,8,12-13H,3-5,7,9-11H2,1-2H3. The van der Waals surface area contributed by atoms with Crippen LogP contribution in [0, 0.1) is 0 Å². The highest BCUT2D eigenvalue weighted by Crippen LogP contribution is 2.29. The molecule has 5 nitrogen and oxygen atoms in total. The van der Waals surface area contributed by atoms with Gasteiger partial charge in [-0.3, -0.25) is 4.79 Å². The summed E-state index contributed by atoms with van der Waals surface area (Å²) in [4.78, 5) is 14.6. The Morgan fingerprint density at radius 3 is 2.59 bits per heavy atom. The normalized spacial score (nSPS) is 19.5. The molecule has 1 amide bonds. The maximum Gasteiger partial charge on any atom is 0.253 e. The summed E-state index contributed by atoms with van der Waals surface area (Å²) in [6, 6.07) is 2.80. The maximum atomic E-state index is 12.8. The van der Waals surface area contributed by atoms with Gasteiger partial charge in [0.2, 0.25) is 5.91 Å². The summed E-state index contributed by atoms with van der Waals surface area (Å²) >= 11 is 1.20. The van der Waals surface area contributed by atoms with E-state index in [1.807, 2.05) is 18.7 Å². The topological polar surface area (TPSA) is 57.7 Å². The SMILES string of the molecule is CCCN(CCC)C(=O)C1CCCN1S(=O)(=O)c1cccs1. The first kappa shape index (κ1) is 17.4. The van der Waals surface area contributed by atoms with Crippen LogP contribution in [-0.4, -0.2) is 49.2 Å². The minimum absolute atomic E-state index is 0.0404. The van der Waals surface area contributed by atoms with Crippen molar-refractivity contribution in [1.82, 2.24) is 9.21 Å². The van der Waals surface area contributed by atoms with Crippen molar-refractivity contribution in [2.24, 2.45) is 0 Å². The fourth-order valence-corrected chi connectivity index (χ4v) is 5.65. The molecule has 1 aliphatic rings. The van der Waals surface area contributed by atoms with E-state index in [-0.39, 0.29) is 5.91 Å². The largest absolute Gasteiger partial charge is 0.341 e. The number of rotatable bonds is 7. The van der Waals surface area contributed by atoms with Crippen molar-refractivity contribution in [3.63, 3.8) is 0 Å². The maximum absolute atomic E-state index is 12.8. The molecule has 0 spiro atoms. The average molecular weight is 345 g/mol. The van der Waals surface area contributed by atoms with E-state index in [0.717, 1.165) is 19.3 Å². The second kappa shape index (κ2) is 7.57. The zero-order chi connectivity index (χ0) is 16.2. The van der Waals surface area contributed by atoms with Gasteiger partial charge >= 0.3 is 0 Å². The number of hydrogen-bond donors (Lipinski definition) is 0. The summed E-state index contributed by atoms with van der Waals surface area (Å²) in [6.45, 7) is 5.88. The molecule has 0 bridgehead atoms. The lowest BCUT2D eigenvalue weighted by atomic mass is 10.2. The number of amides is 1. The van der Waals surface area contributed by atoms with Gasteiger partial charge in [0.1, 0.15) is 10.3 Å². The van der Waals surface area contributed by atoms with Gasteiger partial charge in [-0.1, -0.05) is 19.9 Å². The summed E-state index contributed by atoms with van der Waals surface area (Å²) in [6.07, 6.45) is 3.13. The van der Waals surface area contributed by atoms with Gasteiger partial charge in [0, 0.05) is 19.6 Å². The molecule has 1 aliphatic heterocycles. The molecule has 1 saturated heterocycles. The Labute approximate surface area is 137 Å². The van der Waals surface area contributed by atoms with Crippen LogP contribution in [0.25, 0.3) is 0 Å². The minimum atomic E-state index is -3.55. The molecule has 22 heavy (non-hydrogen) atoms. The molecule has 1 unspecified atom stereocenters. The number of carbonyl (C=O) groups is 1. The highest BCUT2D eigenvalue weighted by molar-refractivity contribution is 7.91. The molecule has 1 atom stereocenters. The molecule has 1 aromatic heterocycles. The molecule has 1 aromatic rings. The molecule has 0 saturated carbocycles. The zero-order valence-corrected chi connectivity index (χ0v) is 14.8. The van der Waals surface area contributed by atoms with Gasteiger partial charge in [-0.05, 0) is 37.1 Å². The lowest BCUT2D eigenvalue weighted by molar-refractivity contribution is -0.134. The van der Waals surface area contributed by atoms with E-state index >= 15 is 0 Å². The number of nitrogens with zero attached hydrogens (tertiary/aromatic N) is 2. The fraction of sp³-hybridized carbons (Fsp3) is 0.667. The van der Waals surface area contributed by atoms with Crippen LogP contribution in [0.5, 0.6) is 0 Å². The van der Waals surface area contributed by atoms with Crippen LogP contribution in [0.15, 0.2) is 21.7 Å². The second-order valence-corrected chi connectivity index (χ2v) is 8.60. The van der Waals surface area contributed by atoms with Gasteiger partial charge in [-0.2, -0.15) is 4.31 Å². The summed E-state index contributed by atoms with van der Waals surface area (Å²) in [7, 11) is -3.55. The summed E-state index contributed by atoms with van der Waals surface area (Å²) < 4.78 is 27.2. The molecular weight excluding hydrogens is 320 g/mol. The molecule has 0 aliphatic carbocycles. The number of hydrogen-bond acceptors (Lipinski definition) is 4. The lowest BCUT2D eigenvalue weighted by Gasteiger charge is -2.29. The second-order valence-electron chi connectivity index (χ2n) is 5.53. The number of thiophene rings is 1. The molecule has 1 fully saturated rings. The van der Waals surface area contributed by atoms with Crippen molar-refractivity contribution < 1.29 is 13.2 Å². The third-order valence-corrected chi connectivity index (χ3v) is 7.13. The predicted molar refractivity (Wildman–Crippen MR) is 88.4 cm³/mol. The van der Waals surface area contributed by atoms with Crippen LogP contribution in [-0.2, 0) is 14.8 Å². The first-order valence-corrected chi connectivity index (χ1v) is 10.2. The third kappa shape index (κ3) is 3.52. The van der Waals surface area contributed by atoms with Crippen molar-refractivity contribution in [3.8, 4) is 0 Å². The van der Waals surface area contributed by atoms with Crippen molar-refractivity contribution >= 4 is 27.3 Å². The molecule has 2 rings (SSSR count). The molecule has 0 N–H and O–H groups in total. The summed E-state index contributed by atoms with van der Waals surface area (Å²) in [5.74, 6) is -0.0404. The van der Waals surface area contributed by atoms with Crippen LogP contribution in [0.3, 0.4) is 0 Å². The van der Waals surface area contributed by atoms with Crippen molar-refractivity contribution in [2.75, 3.05) is 19.6 Å². The average Bonchev–Trinajstić information content (AvgIpc) is 3.17. The third-order valence-electron chi connectivity index (χ3n) is 3.85. The number of carbonyl (C=O) groups excluding carboxylic acids is 1. The molecular formula is C15H24N2O3S2. The highest BCUT2D eigenvalue weighted by Gasteiger charge is 2.41. The Hall–Kier alpha value is -0.920. The van der Waals surface area contributed by atoms with Crippen molar-refractivity contribution in [1.29, 1.82) is 0 Å². The van der Waals surface area contributed by atoms with E-state index in [2.05, 4.69) is 0 Å².